The molecule has 1 aromatic rings. The van der Waals surface area contributed by atoms with Gasteiger partial charge in [-0.1, -0.05) is 26.7 Å². The molecular weight excluding hydrogens is 190 g/mol. The number of amides is 1. The van der Waals surface area contributed by atoms with Gasteiger partial charge in [0.15, 0.2) is 5.82 Å². The standard InChI is InChI=1S/C11H15N3O/c1-5-6-10(15)12-9-7-8(13-14-9)11(2,3)4/h1,7H,6H2,2-4H3,(H2,12,13,14,15). The van der Waals surface area contributed by atoms with E-state index in [1.807, 2.05) is 6.07 Å². The molecule has 0 saturated heterocycles. The zero-order chi connectivity index (χ0) is 11.5. The van der Waals surface area contributed by atoms with Crippen molar-refractivity contribution in [2.24, 2.45) is 0 Å². The number of nitrogens with zero attached hydrogens (tertiary/aromatic N) is 1. The first kappa shape index (κ1) is 11.3. The highest BCUT2D eigenvalue weighted by Crippen LogP contribution is 2.21. The average Bonchev–Trinajstić information content (AvgIpc) is 2.52. The van der Waals surface area contributed by atoms with Crippen molar-refractivity contribution < 1.29 is 4.79 Å². The monoisotopic (exact) mass is 205 g/mol. The van der Waals surface area contributed by atoms with Crippen molar-refractivity contribution in [2.45, 2.75) is 32.6 Å². The molecule has 1 rings (SSSR count). The molecule has 1 heterocycles. The van der Waals surface area contributed by atoms with E-state index < -0.39 is 0 Å². The summed E-state index contributed by atoms with van der Waals surface area (Å²) in [5.41, 5.74) is 0.959. The summed E-state index contributed by atoms with van der Waals surface area (Å²) in [4.78, 5) is 11.2. The molecule has 0 saturated carbocycles. The fourth-order valence-electron chi connectivity index (χ4n) is 1.05. The summed E-state index contributed by atoms with van der Waals surface area (Å²) in [5.74, 6) is 2.57. The number of anilines is 1. The molecule has 0 radical (unpaired) electrons. The van der Waals surface area contributed by atoms with Gasteiger partial charge in [0.05, 0.1) is 6.42 Å². The molecule has 0 unspecified atom stereocenters. The smallest absolute Gasteiger partial charge is 0.237 e. The van der Waals surface area contributed by atoms with Crippen LogP contribution in [-0.4, -0.2) is 16.1 Å². The molecule has 0 aliphatic rings. The molecule has 4 nitrogen and oxygen atoms in total. The van der Waals surface area contributed by atoms with Crippen LogP contribution in [-0.2, 0) is 10.2 Å². The van der Waals surface area contributed by atoms with E-state index in [4.69, 9.17) is 6.42 Å². The average molecular weight is 205 g/mol. The third-order valence-corrected chi connectivity index (χ3v) is 1.92. The molecule has 0 aromatic carbocycles. The summed E-state index contributed by atoms with van der Waals surface area (Å²) >= 11 is 0. The highest BCUT2D eigenvalue weighted by Gasteiger charge is 2.17. The predicted octanol–water partition coefficient (Wildman–Crippen LogP) is 1.67. The van der Waals surface area contributed by atoms with E-state index in [9.17, 15) is 4.79 Å². The highest BCUT2D eigenvalue weighted by molar-refractivity contribution is 5.91. The zero-order valence-corrected chi connectivity index (χ0v) is 9.22. The lowest BCUT2D eigenvalue weighted by molar-refractivity contribution is -0.115. The third-order valence-electron chi connectivity index (χ3n) is 1.92. The number of aromatic nitrogens is 2. The second kappa shape index (κ2) is 4.18. The number of aromatic amines is 1. The quantitative estimate of drug-likeness (QED) is 0.721. The zero-order valence-electron chi connectivity index (χ0n) is 9.22. The molecule has 15 heavy (non-hydrogen) atoms. The van der Waals surface area contributed by atoms with E-state index in [0.29, 0.717) is 5.82 Å². The number of terminal acetylenes is 1. The Hall–Kier alpha value is -1.76. The molecule has 1 aromatic heterocycles. The maximum atomic E-state index is 11.2. The van der Waals surface area contributed by atoms with Crippen LogP contribution in [0.1, 0.15) is 32.9 Å². The third kappa shape index (κ3) is 3.13. The van der Waals surface area contributed by atoms with Crippen LogP contribution in [0.5, 0.6) is 0 Å². The van der Waals surface area contributed by atoms with Crippen LogP contribution in [0.4, 0.5) is 5.82 Å². The molecule has 0 spiro atoms. The van der Waals surface area contributed by atoms with E-state index >= 15 is 0 Å². The SMILES string of the molecule is C#CCC(=O)Nc1cc(C(C)(C)C)[nH]n1. The molecule has 4 heteroatoms. The fraction of sp³-hybridized carbons (Fsp3) is 0.455. The van der Waals surface area contributed by atoms with Gasteiger partial charge in [-0.3, -0.25) is 9.89 Å². The van der Waals surface area contributed by atoms with Gasteiger partial charge in [-0.05, 0) is 0 Å². The van der Waals surface area contributed by atoms with Crippen LogP contribution < -0.4 is 5.32 Å². The molecule has 0 aliphatic heterocycles. The van der Waals surface area contributed by atoms with Gasteiger partial charge in [0, 0.05) is 17.2 Å². The number of carbonyl (C=O) groups excluding carboxylic acids is 1. The van der Waals surface area contributed by atoms with Gasteiger partial charge in [-0.25, -0.2) is 0 Å². The van der Waals surface area contributed by atoms with Crippen LogP contribution >= 0.6 is 0 Å². The summed E-state index contributed by atoms with van der Waals surface area (Å²) in [5, 5.41) is 9.47. The Labute approximate surface area is 89.5 Å². The van der Waals surface area contributed by atoms with E-state index in [2.05, 4.69) is 42.2 Å². The van der Waals surface area contributed by atoms with E-state index in [-0.39, 0.29) is 17.7 Å². The van der Waals surface area contributed by atoms with Gasteiger partial charge in [-0.15, -0.1) is 6.42 Å². The van der Waals surface area contributed by atoms with Crippen LogP contribution in [0.25, 0.3) is 0 Å². The highest BCUT2D eigenvalue weighted by atomic mass is 16.1. The Bertz CT molecular complexity index is 393. The lowest BCUT2D eigenvalue weighted by Gasteiger charge is -2.14. The van der Waals surface area contributed by atoms with Crippen LogP contribution in [0.3, 0.4) is 0 Å². The first-order valence-corrected chi connectivity index (χ1v) is 4.72. The van der Waals surface area contributed by atoms with Gasteiger partial charge < -0.3 is 5.32 Å². The summed E-state index contributed by atoms with van der Waals surface area (Å²) in [7, 11) is 0. The molecule has 0 atom stereocenters. The van der Waals surface area contributed by atoms with Crippen molar-refractivity contribution in [3.05, 3.63) is 11.8 Å². The molecule has 0 bridgehead atoms. The molecule has 1 amide bonds. The first-order valence-electron chi connectivity index (χ1n) is 4.72. The maximum Gasteiger partial charge on any atom is 0.237 e. The number of H-pyrrole nitrogens is 1. The normalized spacial score (nSPS) is 10.8. The van der Waals surface area contributed by atoms with E-state index in [0.717, 1.165) is 5.69 Å². The topological polar surface area (TPSA) is 57.8 Å². The summed E-state index contributed by atoms with van der Waals surface area (Å²) in [6.07, 6.45) is 5.09. The summed E-state index contributed by atoms with van der Waals surface area (Å²) in [6.45, 7) is 6.19. The van der Waals surface area contributed by atoms with Crippen molar-refractivity contribution in [3.8, 4) is 12.3 Å². The maximum absolute atomic E-state index is 11.2. The fourth-order valence-corrected chi connectivity index (χ4v) is 1.05. The van der Waals surface area contributed by atoms with Crippen molar-refractivity contribution in [1.82, 2.24) is 10.2 Å². The second-order valence-corrected chi connectivity index (χ2v) is 4.35. The second-order valence-electron chi connectivity index (χ2n) is 4.35. The molecule has 2 N–H and O–H groups in total. The van der Waals surface area contributed by atoms with Crippen LogP contribution in [0, 0.1) is 12.3 Å². The minimum absolute atomic E-state index is 0.0118. The summed E-state index contributed by atoms with van der Waals surface area (Å²) < 4.78 is 0. The number of carbonyl (C=O) groups is 1. The lowest BCUT2D eigenvalue weighted by Crippen LogP contribution is -2.11. The van der Waals surface area contributed by atoms with Gasteiger partial charge in [0.1, 0.15) is 0 Å². The number of nitrogens with one attached hydrogen (secondary N) is 2. The first-order chi connectivity index (χ1) is 6.93. The number of hydrogen-bond donors (Lipinski definition) is 2. The van der Waals surface area contributed by atoms with Crippen molar-refractivity contribution in [2.75, 3.05) is 5.32 Å². The van der Waals surface area contributed by atoms with Gasteiger partial charge in [-0.2, -0.15) is 5.10 Å². The van der Waals surface area contributed by atoms with Crippen LogP contribution in [0.2, 0.25) is 0 Å². The molecule has 80 valence electrons. The number of rotatable bonds is 2. The van der Waals surface area contributed by atoms with Gasteiger partial charge >= 0.3 is 0 Å². The van der Waals surface area contributed by atoms with Crippen molar-refractivity contribution in [1.29, 1.82) is 0 Å². The Kier molecular flexibility index (Phi) is 3.15. The van der Waals surface area contributed by atoms with Gasteiger partial charge in [0.2, 0.25) is 5.91 Å². The Morgan fingerprint density at radius 2 is 2.33 bits per heavy atom. The Morgan fingerprint density at radius 1 is 1.67 bits per heavy atom. The molecule has 0 aliphatic carbocycles. The van der Waals surface area contributed by atoms with Crippen molar-refractivity contribution in [3.63, 3.8) is 0 Å². The Balaban J connectivity index is 2.70. The largest absolute Gasteiger partial charge is 0.308 e. The molecule has 0 fully saturated rings. The lowest BCUT2D eigenvalue weighted by atomic mass is 9.92. The number of hydrogen-bond acceptors (Lipinski definition) is 2. The molecular formula is C11H15N3O. The van der Waals surface area contributed by atoms with Crippen LogP contribution in [0.15, 0.2) is 6.07 Å². The minimum atomic E-state index is -0.218. The summed E-state index contributed by atoms with van der Waals surface area (Å²) in [6, 6.07) is 1.81. The van der Waals surface area contributed by atoms with Crippen molar-refractivity contribution >= 4 is 11.7 Å². The van der Waals surface area contributed by atoms with Gasteiger partial charge in [0.25, 0.3) is 0 Å². The minimum Gasteiger partial charge on any atom is -0.308 e. The van der Waals surface area contributed by atoms with E-state index in [1.165, 1.54) is 0 Å². The van der Waals surface area contributed by atoms with E-state index in [1.54, 1.807) is 0 Å². The Morgan fingerprint density at radius 3 is 2.80 bits per heavy atom. The predicted molar refractivity (Wildman–Crippen MR) is 59.4 cm³/mol.